The van der Waals surface area contributed by atoms with Gasteiger partial charge in [0.2, 0.25) is 5.91 Å². The molecule has 1 N–H and O–H groups in total. The average molecular weight is 457 g/mol. The van der Waals surface area contributed by atoms with Crippen molar-refractivity contribution in [1.82, 2.24) is 15.2 Å². The predicted octanol–water partition coefficient (Wildman–Crippen LogP) is 3.67. The van der Waals surface area contributed by atoms with Gasteiger partial charge in [0, 0.05) is 37.5 Å². The number of rotatable bonds is 5. The summed E-state index contributed by atoms with van der Waals surface area (Å²) in [7, 11) is 0. The van der Waals surface area contributed by atoms with Gasteiger partial charge in [0.25, 0.3) is 6.01 Å². The van der Waals surface area contributed by atoms with Crippen LogP contribution in [-0.4, -0.2) is 59.7 Å². The number of amides is 2. The van der Waals surface area contributed by atoms with Crippen LogP contribution in [0.15, 0.2) is 46.2 Å². The van der Waals surface area contributed by atoms with E-state index in [1.165, 1.54) is 0 Å². The lowest BCUT2D eigenvalue weighted by molar-refractivity contribution is -0.133. The van der Waals surface area contributed by atoms with Crippen molar-refractivity contribution in [2.45, 2.75) is 38.8 Å². The molecule has 170 valence electrons. The van der Waals surface area contributed by atoms with Crippen molar-refractivity contribution < 1.29 is 18.7 Å². The van der Waals surface area contributed by atoms with Gasteiger partial charge in [0.05, 0.1) is 0 Å². The zero-order valence-electron chi connectivity index (χ0n) is 18.5. The molecule has 1 fully saturated rings. The number of benzene rings is 1. The van der Waals surface area contributed by atoms with Gasteiger partial charge in [-0.15, -0.1) is 11.3 Å². The summed E-state index contributed by atoms with van der Waals surface area (Å²) in [6, 6.07) is 11.4. The van der Waals surface area contributed by atoms with Gasteiger partial charge in [-0.2, -0.15) is 4.98 Å². The Kier molecular flexibility index (Phi) is 6.36. The SMILES string of the molecule is CC(C)(C)OC(=O)NC(Cc1cccs1)C(=O)N1CCN(c2nc3ccccc3o2)CC1. The summed E-state index contributed by atoms with van der Waals surface area (Å²) in [6.07, 6.45) is -0.154. The van der Waals surface area contributed by atoms with Gasteiger partial charge in [-0.1, -0.05) is 18.2 Å². The molecular formula is C23H28N4O4S. The van der Waals surface area contributed by atoms with Crippen LogP contribution in [0.3, 0.4) is 0 Å². The molecule has 4 rings (SSSR count). The normalized spacial score (nSPS) is 15.6. The second kappa shape index (κ2) is 9.20. The topological polar surface area (TPSA) is 87.9 Å². The first-order chi connectivity index (χ1) is 15.3. The van der Waals surface area contributed by atoms with Crippen LogP contribution in [-0.2, 0) is 16.0 Å². The Balaban J connectivity index is 1.41. The zero-order valence-corrected chi connectivity index (χ0v) is 19.4. The van der Waals surface area contributed by atoms with Crippen LogP contribution in [0.1, 0.15) is 25.6 Å². The van der Waals surface area contributed by atoms with E-state index in [0.29, 0.717) is 38.6 Å². The van der Waals surface area contributed by atoms with E-state index in [0.717, 1.165) is 16.0 Å². The lowest BCUT2D eigenvalue weighted by atomic mass is 10.1. The lowest BCUT2D eigenvalue weighted by Gasteiger charge is -2.35. The van der Waals surface area contributed by atoms with Crippen molar-refractivity contribution in [3.05, 3.63) is 46.7 Å². The summed E-state index contributed by atoms with van der Waals surface area (Å²) in [4.78, 5) is 35.1. The van der Waals surface area contributed by atoms with Gasteiger partial charge in [-0.25, -0.2) is 4.79 Å². The number of oxazole rings is 1. The van der Waals surface area contributed by atoms with Crippen molar-refractivity contribution in [3.8, 4) is 0 Å². The van der Waals surface area contributed by atoms with Crippen LogP contribution in [0.2, 0.25) is 0 Å². The van der Waals surface area contributed by atoms with Crippen LogP contribution in [0.25, 0.3) is 11.1 Å². The summed E-state index contributed by atoms with van der Waals surface area (Å²) in [5, 5.41) is 4.74. The molecule has 0 aliphatic carbocycles. The van der Waals surface area contributed by atoms with Crippen LogP contribution < -0.4 is 10.2 Å². The van der Waals surface area contributed by atoms with E-state index in [4.69, 9.17) is 9.15 Å². The number of alkyl carbamates (subject to hydrolysis) is 1. The quantitative estimate of drug-likeness (QED) is 0.630. The van der Waals surface area contributed by atoms with E-state index in [9.17, 15) is 9.59 Å². The largest absolute Gasteiger partial charge is 0.444 e. The molecule has 1 saturated heterocycles. The van der Waals surface area contributed by atoms with Crippen molar-refractivity contribution in [2.24, 2.45) is 0 Å². The Labute approximate surface area is 191 Å². The Morgan fingerprint density at radius 1 is 1.16 bits per heavy atom. The number of carbonyl (C=O) groups excluding carboxylic acids is 2. The number of nitrogens with zero attached hydrogens (tertiary/aromatic N) is 3. The van der Waals surface area contributed by atoms with Crippen LogP contribution in [0.5, 0.6) is 0 Å². The maximum Gasteiger partial charge on any atom is 0.408 e. The number of piperazine rings is 1. The first-order valence-corrected chi connectivity index (χ1v) is 11.6. The molecule has 1 unspecified atom stereocenters. The Morgan fingerprint density at radius 2 is 1.91 bits per heavy atom. The number of anilines is 1. The predicted molar refractivity (Wildman–Crippen MR) is 124 cm³/mol. The van der Waals surface area contributed by atoms with Crippen LogP contribution >= 0.6 is 11.3 Å². The minimum absolute atomic E-state index is 0.110. The van der Waals surface area contributed by atoms with E-state index >= 15 is 0 Å². The molecule has 1 aliphatic heterocycles. The average Bonchev–Trinajstić information content (AvgIpc) is 3.41. The third-order valence-electron chi connectivity index (χ3n) is 5.12. The third kappa shape index (κ3) is 5.40. The maximum atomic E-state index is 13.3. The van der Waals surface area contributed by atoms with Gasteiger partial charge in [-0.3, -0.25) is 4.79 Å². The van der Waals surface area contributed by atoms with E-state index in [2.05, 4.69) is 10.3 Å². The van der Waals surface area contributed by atoms with Gasteiger partial charge in [-0.05, 0) is 44.4 Å². The Bertz CT molecular complexity index is 1030. The molecule has 0 bridgehead atoms. The molecule has 2 amide bonds. The number of nitrogens with one attached hydrogen (secondary N) is 1. The summed E-state index contributed by atoms with van der Waals surface area (Å²) >= 11 is 1.56. The lowest BCUT2D eigenvalue weighted by Crippen LogP contribution is -2.56. The molecule has 2 aromatic heterocycles. The number of thiophene rings is 1. The molecule has 0 saturated carbocycles. The number of hydrogen-bond donors (Lipinski definition) is 1. The van der Waals surface area contributed by atoms with Crippen molar-refractivity contribution >= 4 is 40.5 Å². The fourth-order valence-corrected chi connectivity index (χ4v) is 4.37. The van der Waals surface area contributed by atoms with Crippen LogP contribution in [0.4, 0.5) is 10.8 Å². The fourth-order valence-electron chi connectivity index (χ4n) is 3.61. The molecule has 1 aromatic carbocycles. The number of fused-ring (bicyclic) bond motifs is 1. The Hall–Kier alpha value is -3.07. The monoisotopic (exact) mass is 456 g/mol. The van der Waals surface area contributed by atoms with Gasteiger partial charge in [0.1, 0.15) is 17.2 Å². The van der Waals surface area contributed by atoms with Gasteiger partial charge in [0.15, 0.2) is 5.58 Å². The minimum atomic E-state index is -0.681. The number of aromatic nitrogens is 1. The molecule has 3 aromatic rings. The first kappa shape index (κ1) is 22.1. The number of carbonyl (C=O) groups is 2. The molecule has 32 heavy (non-hydrogen) atoms. The second-order valence-electron chi connectivity index (χ2n) is 8.76. The van der Waals surface area contributed by atoms with Gasteiger partial charge < -0.3 is 24.3 Å². The highest BCUT2D eigenvalue weighted by Crippen LogP contribution is 2.23. The van der Waals surface area contributed by atoms with E-state index in [-0.39, 0.29) is 5.91 Å². The van der Waals surface area contributed by atoms with E-state index < -0.39 is 17.7 Å². The highest BCUT2D eigenvalue weighted by Gasteiger charge is 2.31. The molecule has 8 nitrogen and oxygen atoms in total. The smallest absolute Gasteiger partial charge is 0.408 e. The highest BCUT2D eigenvalue weighted by molar-refractivity contribution is 7.09. The molecule has 9 heteroatoms. The standard InChI is InChI=1S/C23H28N4O4S/c1-23(2,3)31-22(29)25-18(15-16-7-6-14-32-16)20(28)26-10-12-27(13-11-26)21-24-17-8-4-5-9-19(17)30-21/h4-9,14,18H,10-13,15H2,1-3H3,(H,25,29). The third-order valence-corrected chi connectivity index (χ3v) is 6.02. The molecule has 3 heterocycles. The second-order valence-corrected chi connectivity index (χ2v) is 9.79. The summed E-state index contributed by atoms with van der Waals surface area (Å²) < 4.78 is 11.2. The molecule has 1 aliphatic rings. The van der Waals surface area contributed by atoms with Crippen LogP contribution in [0, 0.1) is 0 Å². The van der Waals surface area contributed by atoms with Crippen molar-refractivity contribution in [1.29, 1.82) is 0 Å². The minimum Gasteiger partial charge on any atom is -0.444 e. The van der Waals surface area contributed by atoms with Gasteiger partial charge >= 0.3 is 6.09 Å². The Morgan fingerprint density at radius 3 is 2.56 bits per heavy atom. The first-order valence-electron chi connectivity index (χ1n) is 10.7. The fraction of sp³-hybridized carbons (Fsp3) is 0.435. The van der Waals surface area contributed by atoms with Crippen molar-refractivity contribution in [3.63, 3.8) is 0 Å². The summed E-state index contributed by atoms with van der Waals surface area (Å²) in [5.74, 6) is -0.110. The molecular weight excluding hydrogens is 428 g/mol. The number of hydrogen-bond acceptors (Lipinski definition) is 7. The molecule has 1 atom stereocenters. The summed E-state index contributed by atoms with van der Waals surface area (Å²) in [6.45, 7) is 7.66. The maximum absolute atomic E-state index is 13.3. The van der Waals surface area contributed by atoms with Crippen molar-refractivity contribution in [2.75, 3.05) is 31.1 Å². The summed E-state index contributed by atoms with van der Waals surface area (Å²) in [5.41, 5.74) is 0.934. The van der Waals surface area contributed by atoms with E-state index in [1.54, 1.807) is 37.0 Å². The molecule has 0 radical (unpaired) electrons. The number of ether oxygens (including phenoxy) is 1. The van der Waals surface area contributed by atoms with E-state index in [1.807, 2.05) is 46.7 Å². The number of para-hydroxylation sites is 2. The zero-order chi connectivity index (χ0) is 22.7. The molecule has 0 spiro atoms. The highest BCUT2D eigenvalue weighted by atomic mass is 32.1.